The quantitative estimate of drug-likeness (QED) is 0.356. The molecule has 0 aliphatic carbocycles. The number of hydrogen-bond acceptors (Lipinski definition) is 5. The van der Waals surface area contributed by atoms with Crippen molar-refractivity contribution in [2.24, 2.45) is 5.92 Å². The van der Waals surface area contributed by atoms with Gasteiger partial charge in [0.25, 0.3) is 5.69 Å². The van der Waals surface area contributed by atoms with E-state index in [2.05, 4.69) is 0 Å². The summed E-state index contributed by atoms with van der Waals surface area (Å²) in [6.07, 6.45) is 0. The first kappa shape index (κ1) is 15.3. The fraction of sp³-hybridized carbons (Fsp3) is 0.308. The van der Waals surface area contributed by atoms with Crippen LogP contribution in [0.1, 0.15) is 15.9 Å². The molecule has 0 bridgehead atoms. The normalized spacial score (nSPS) is 11.3. The third kappa shape index (κ3) is 2.98. The molecule has 0 aliphatic heterocycles. The molecule has 0 aliphatic rings. The lowest BCUT2D eigenvalue weighted by molar-refractivity contribution is -0.385. The lowest BCUT2D eigenvalue weighted by Gasteiger charge is -2.14. The van der Waals surface area contributed by atoms with E-state index in [1.165, 1.54) is 32.3 Å². The Morgan fingerprint density at radius 3 is 2.45 bits per heavy atom. The maximum absolute atomic E-state index is 12.2. The van der Waals surface area contributed by atoms with Crippen molar-refractivity contribution in [2.45, 2.75) is 6.92 Å². The van der Waals surface area contributed by atoms with Gasteiger partial charge in [-0.3, -0.25) is 19.7 Å². The van der Waals surface area contributed by atoms with Crippen molar-refractivity contribution in [2.75, 3.05) is 14.1 Å². The van der Waals surface area contributed by atoms with E-state index in [-0.39, 0.29) is 5.56 Å². The Morgan fingerprint density at radius 2 is 2.00 bits per heavy atom. The summed E-state index contributed by atoms with van der Waals surface area (Å²) in [6.45, 7) is 1.66. The highest BCUT2D eigenvalue weighted by atomic mass is 16.6. The molecule has 0 N–H and O–H groups in total. The van der Waals surface area contributed by atoms with Crippen molar-refractivity contribution < 1.29 is 14.5 Å². The highest BCUT2D eigenvalue weighted by Crippen LogP contribution is 2.23. The summed E-state index contributed by atoms with van der Waals surface area (Å²) in [6, 6.07) is 5.60. The van der Waals surface area contributed by atoms with E-state index in [1.807, 2.05) is 0 Å². The van der Waals surface area contributed by atoms with E-state index < -0.39 is 28.2 Å². The molecular weight excluding hydrogens is 262 g/mol. The zero-order valence-electron chi connectivity index (χ0n) is 11.3. The first-order chi connectivity index (χ1) is 9.29. The molecule has 0 fully saturated rings. The summed E-state index contributed by atoms with van der Waals surface area (Å²) >= 11 is 0. The van der Waals surface area contributed by atoms with Crippen molar-refractivity contribution in [3.63, 3.8) is 0 Å². The van der Waals surface area contributed by atoms with Crippen molar-refractivity contribution in [1.29, 1.82) is 5.26 Å². The topological polar surface area (TPSA) is 104 Å². The molecule has 1 aromatic carbocycles. The zero-order valence-corrected chi connectivity index (χ0v) is 11.3. The fourth-order valence-electron chi connectivity index (χ4n) is 1.65. The highest BCUT2D eigenvalue weighted by molar-refractivity contribution is 6.13. The van der Waals surface area contributed by atoms with Gasteiger partial charge in [0.15, 0.2) is 11.7 Å². The van der Waals surface area contributed by atoms with E-state index in [9.17, 15) is 19.7 Å². The van der Waals surface area contributed by atoms with Gasteiger partial charge < -0.3 is 4.90 Å². The van der Waals surface area contributed by atoms with Gasteiger partial charge >= 0.3 is 0 Å². The van der Waals surface area contributed by atoms with Crippen LogP contribution in [0.3, 0.4) is 0 Å². The van der Waals surface area contributed by atoms with Crippen molar-refractivity contribution in [3.8, 4) is 6.07 Å². The number of nitro groups is 1. The molecule has 7 heteroatoms. The summed E-state index contributed by atoms with van der Waals surface area (Å²) in [7, 11) is 2.81. The lowest BCUT2D eigenvalue weighted by Crippen LogP contribution is -2.34. The number of hydrogen-bond donors (Lipinski definition) is 0. The number of nitriles is 1. The van der Waals surface area contributed by atoms with Gasteiger partial charge in [0, 0.05) is 20.2 Å². The Hall–Kier alpha value is -2.75. The Bertz CT molecular complexity index is 617. The molecule has 1 unspecified atom stereocenters. The monoisotopic (exact) mass is 275 g/mol. The SMILES string of the molecule is Cc1ccc([N+](=O)[O-])c(C(=O)C(C#N)C(=O)N(C)C)c1. The van der Waals surface area contributed by atoms with Crippen LogP contribution in [0.4, 0.5) is 5.69 Å². The number of rotatable bonds is 4. The van der Waals surface area contributed by atoms with Crippen LogP contribution in [0.15, 0.2) is 18.2 Å². The fourth-order valence-corrected chi connectivity index (χ4v) is 1.65. The van der Waals surface area contributed by atoms with Crippen LogP contribution in [0.25, 0.3) is 0 Å². The molecule has 0 saturated heterocycles. The van der Waals surface area contributed by atoms with Crippen LogP contribution in [0.5, 0.6) is 0 Å². The van der Waals surface area contributed by atoms with E-state index in [1.54, 1.807) is 13.0 Å². The number of nitrogens with zero attached hydrogens (tertiary/aromatic N) is 3. The maximum Gasteiger partial charge on any atom is 0.280 e. The third-order valence-electron chi connectivity index (χ3n) is 2.69. The van der Waals surface area contributed by atoms with Crippen LogP contribution in [-0.2, 0) is 4.79 Å². The molecule has 1 aromatic rings. The van der Waals surface area contributed by atoms with Crippen molar-refractivity contribution in [1.82, 2.24) is 4.90 Å². The Kier molecular flexibility index (Phi) is 4.54. The minimum atomic E-state index is -1.58. The molecular formula is C13H13N3O4. The van der Waals surface area contributed by atoms with Crippen LogP contribution < -0.4 is 0 Å². The predicted octanol–water partition coefficient (Wildman–Crippen LogP) is 1.31. The third-order valence-corrected chi connectivity index (χ3v) is 2.69. The summed E-state index contributed by atoms with van der Waals surface area (Å²) in [5.74, 6) is -3.14. The number of nitro benzene ring substituents is 1. The zero-order chi connectivity index (χ0) is 15.4. The average molecular weight is 275 g/mol. The smallest absolute Gasteiger partial charge is 0.280 e. The number of benzene rings is 1. The van der Waals surface area contributed by atoms with Crippen molar-refractivity contribution in [3.05, 3.63) is 39.4 Å². The summed E-state index contributed by atoms with van der Waals surface area (Å²) in [4.78, 5) is 35.3. The number of carbonyl (C=O) groups is 2. The van der Waals surface area contributed by atoms with Gasteiger partial charge in [0.2, 0.25) is 5.91 Å². The molecule has 1 rings (SSSR count). The lowest BCUT2D eigenvalue weighted by atomic mass is 9.95. The first-order valence-electron chi connectivity index (χ1n) is 5.69. The van der Waals surface area contributed by atoms with E-state index in [4.69, 9.17) is 5.26 Å². The maximum atomic E-state index is 12.2. The van der Waals surface area contributed by atoms with Gasteiger partial charge in [0.05, 0.1) is 16.6 Å². The van der Waals surface area contributed by atoms with Gasteiger partial charge in [0.1, 0.15) is 0 Å². The Balaban J connectivity index is 3.33. The first-order valence-corrected chi connectivity index (χ1v) is 5.69. The van der Waals surface area contributed by atoms with Crippen LogP contribution in [-0.4, -0.2) is 35.6 Å². The van der Waals surface area contributed by atoms with Crippen LogP contribution >= 0.6 is 0 Å². The second-order valence-electron chi connectivity index (χ2n) is 4.44. The molecule has 104 valence electrons. The number of carbonyl (C=O) groups excluding carboxylic acids is 2. The van der Waals surface area contributed by atoms with Gasteiger partial charge in [-0.05, 0) is 18.6 Å². The molecule has 0 radical (unpaired) electrons. The molecule has 1 amide bonds. The number of Topliss-reactive ketones (excluding diaryl/α,β-unsaturated/α-hetero) is 1. The summed E-state index contributed by atoms with van der Waals surface area (Å²) in [5, 5.41) is 19.9. The molecule has 0 saturated carbocycles. The standard InChI is InChI=1S/C13H13N3O4/c1-8-4-5-11(16(19)20)9(6-8)12(17)10(7-14)13(18)15(2)3/h4-6,10H,1-3H3. The van der Waals surface area contributed by atoms with E-state index >= 15 is 0 Å². The molecule has 20 heavy (non-hydrogen) atoms. The van der Waals surface area contributed by atoms with Gasteiger partial charge in [-0.2, -0.15) is 5.26 Å². The van der Waals surface area contributed by atoms with Crippen molar-refractivity contribution >= 4 is 17.4 Å². The van der Waals surface area contributed by atoms with E-state index in [0.29, 0.717) is 5.56 Å². The predicted molar refractivity (Wildman–Crippen MR) is 70.0 cm³/mol. The average Bonchev–Trinajstić information content (AvgIpc) is 2.38. The van der Waals surface area contributed by atoms with Gasteiger partial charge in [-0.1, -0.05) is 6.07 Å². The second kappa shape index (κ2) is 5.93. The van der Waals surface area contributed by atoms with Gasteiger partial charge in [-0.15, -0.1) is 0 Å². The largest absolute Gasteiger partial charge is 0.347 e. The molecule has 7 nitrogen and oxygen atoms in total. The molecule has 0 aromatic heterocycles. The molecule has 0 heterocycles. The Morgan fingerprint density at radius 1 is 1.40 bits per heavy atom. The summed E-state index contributed by atoms with van der Waals surface area (Å²) in [5.41, 5.74) is -0.00269. The van der Waals surface area contributed by atoms with Crippen LogP contribution in [0, 0.1) is 34.3 Å². The molecule has 0 spiro atoms. The van der Waals surface area contributed by atoms with E-state index in [0.717, 1.165) is 4.90 Å². The Labute approximate surface area is 115 Å². The number of amides is 1. The summed E-state index contributed by atoms with van der Waals surface area (Å²) < 4.78 is 0. The number of ketones is 1. The van der Waals surface area contributed by atoms with Crippen LogP contribution in [0.2, 0.25) is 0 Å². The minimum Gasteiger partial charge on any atom is -0.347 e. The van der Waals surface area contributed by atoms with Gasteiger partial charge in [-0.25, -0.2) is 0 Å². The molecule has 1 atom stereocenters. The second-order valence-corrected chi connectivity index (χ2v) is 4.44. The minimum absolute atomic E-state index is 0.225. The number of aryl methyl sites for hydroxylation is 1. The highest BCUT2D eigenvalue weighted by Gasteiger charge is 2.33.